The fourth-order valence-electron chi connectivity index (χ4n) is 3.00. The Kier molecular flexibility index (Phi) is 6.54. The van der Waals surface area contributed by atoms with Crippen molar-refractivity contribution in [2.75, 3.05) is 6.61 Å². The van der Waals surface area contributed by atoms with E-state index in [-0.39, 0.29) is 11.3 Å². The molecule has 0 atom stereocenters. The molecule has 1 N–H and O–H groups in total. The van der Waals surface area contributed by atoms with Crippen LogP contribution in [0.1, 0.15) is 33.1 Å². The molecule has 0 spiro atoms. The highest BCUT2D eigenvalue weighted by atomic mass is 16.6. The van der Waals surface area contributed by atoms with Crippen LogP contribution < -0.4 is 5.32 Å². The van der Waals surface area contributed by atoms with Gasteiger partial charge >= 0.3 is 5.97 Å². The van der Waals surface area contributed by atoms with Gasteiger partial charge in [-0.15, -0.1) is 0 Å². The third-order valence-electron chi connectivity index (χ3n) is 4.55. The number of aryl methyl sites for hydroxylation is 1. The van der Waals surface area contributed by atoms with Crippen molar-refractivity contribution in [2.24, 2.45) is 0 Å². The normalized spacial score (nSPS) is 10.5. The molecule has 0 saturated carbocycles. The molecule has 0 radical (unpaired) electrons. The molecule has 0 fully saturated rings. The molecular formula is C23H20N2O5. The Morgan fingerprint density at radius 2 is 1.53 bits per heavy atom. The predicted molar refractivity (Wildman–Crippen MR) is 111 cm³/mol. The van der Waals surface area contributed by atoms with Crippen molar-refractivity contribution >= 4 is 17.6 Å². The average molecular weight is 404 g/mol. The Morgan fingerprint density at radius 3 is 2.07 bits per heavy atom. The van der Waals surface area contributed by atoms with Crippen LogP contribution in [0.15, 0.2) is 78.9 Å². The van der Waals surface area contributed by atoms with Gasteiger partial charge in [-0.2, -0.15) is 0 Å². The van der Waals surface area contributed by atoms with Gasteiger partial charge in [-0.1, -0.05) is 66.7 Å². The number of nitrogens with one attached hydrogen (secondary N) is 1. The van der Waals surface area contributed by atoms with Gasteiger partial charge in [-0.05, 0) is 24.1 Å². The van der Waals surface area contributed by atoms with Gasteiger partial charge in [0.1, 0.15) is 0 Å². The number of nitro groups is 1. The molecule has 3 aromatic carbocycles. The Hall–Kier alpha value is -4.00. The third kappa shape index (κ3) is 5.08. The summed E-state index contributed by atoms with van der Waals surface area (Å²) in [5.41, 5.74) is 2.04. The van der Waals surface area contributed by atoms with E-state index in [1.807, 2.05) is 60.7 Å². The maximum absolute atomic E-state index is 12.5. The van der Waals surface area contributed by atoms with E-state index in [4.69, 9.17) is 4.74 Å². The minimum Gasteiger partial charge on any atom is -0.452 e. The number of rotatable bonds is 7. The van der Waals surface area contributed by atoms with Gasteiger partial charge in [0.2, 0.25) is 0 Å². The number of hydrogen-bond acceptors (Lipinski definition) is 5. The fourth-order valence-corrected chi connectivity index (χ4v) is 3.00. The van der Waals surface area contributed by atoms with Gasteiger partial charge in [-0.3, -0.25) is 14.9 Å². The Balaban J connectivity index is 1.68. The molecule has 0 heterocycles. The van der Waals surface area contributed by atoms with Gasteiger partial charge in [0.15, 0.2) is 6.61 Å². The number of esters is 1. The van der Waals surface area contributed by atoms with Gasteiger partial charge in [0.05, 0.1) is 16.5 Å². The number of carbonyl (C=O) groups is 2. The van der Waals surface area contributed by atoms with E-state index in [0.29, 0.717) is 5.56 Å². The summed E-state index contributed by atoms with van der Waals surface area (Å²) in [6.07, 6.45) is 0. The quantitative estimate of drug-likeness (QED) is 0.365. The molecule has 30 heavy (non-hydrogen) atoms. The predicted octanol–water partition coefficient (Wildman–Crippen LogP) is 3.97. The van der Waals surface area contributed by atoms with E-state index in [1.54, 1.807) is 6.92 Å². The molecule has 1 amide bonds. The minimum atomic E-state index is -0.802. The van der Waals surface area contributed by atoms with Crippen molar-refractivity contribution in [1.82, 2.24) is 5.32 Å². The summed E-state index contributed by atoms with van der Waals surface area (Å²) in [5, 5.41) is 13.9. The standard InChI is InChI=1S/C23H20N2O5/c1-16-12-13-19(14-20(16)25(28)29)23(27)30-15-21(26)24-22(17-8-4-2-5-9-17)18-10-6-3-7-11-18/h2-14,22H,15H2,1H3,(H,24,26). The van der Waals surface area contributed by atoms with E-state index in [0.717, 1.165) is 17.2 Å². The molecule has 0 aliphatic heterocycles. The summed E-state index contributed by atoms with van der Waals surface area (Å²) in [6.45, 7) is 1.07. The monoisotopic (exact) mass is 404 g/mol. The molecule has 3 aromatic rings. The Labute approximate surface area is 173 Å². The van der Waals surface area contributed by atoms with Crippen LogP contribution in [0, 0.1) is 17.0 Å². The van der Waals surface area contributed by atoms with Crippen LogP contribution in [0.2, 0.25) is 0 Å². The van der Waals surface area contributed by atoms with Gasteiger partial charge < -0.3 is 10.1 Å². The number of amides is 1. The van der Waals surface area contributed by atoms with Crippen molar-refractivity contribution in [3.05, 3.63) is 111 Å². The Morgan fingerprint density at radius 1 is 0.967 bits per heavy atom. The summed E-state index contributed by atoms with van der Waals surface area (Å²) >= 11 is 0. The molecule has 0 aliphatic rings. The minimum absolute atomic E-state index is 0.0165. The van der Waals surface area contributed by atoms with Crippen molar-refractivity contribution in [2.45, 2.75) is 13.0 Å². The summed E-state index contributed by atoms with van der Waals surface area (Å²) in [6, 6.07) is 22.5. The van der Waals surface area contributed by atoms with E-state index in [1.165, 1.54) is 12.1 Å². The van der Waals surface area contributed by atoms with E-state index in [2.05, 4.69) is 5.32 Å². The SMILES string of the molecule is Cc1ccc(C(=O)OCC(=O)NC(c2ccccc2)c2ccccc2)cc1[N+](=O)[O-]. The molecule has 0 saturated heterocycles. The second-order valence-corrected chi connectivity index (χ2v) is 6.66. The zero-order chi connectivity index (χ0) is 21.5. The number of benzene rings is 3. The maximum atomic E-state index is 12.5. The lowest BCUT2D eigenvalue weighted by molar-refractivity contribution is -0.385. The first-order valence-electron chi connectivity index (χ1n) is 9.27. The van der Waals surface area contributed by atoms with Gasteiger partial charge in [0.25, 0.3) is 11.6 Å². The molecule has 7 nitrogen and oxygen atoms in total. The number of nitro benzene ring substituents is 1. The first-order chi connectivity index (χ1) is 14.5. The van der Waals surface area contributed by atoms with E-state index in [9.17, 15) is 19.7 Å². The van der Waals surface area contributed by atoms with Crippen LogP contribution in [0.3, 0.4) is 0 Å². The molecule has 3 rings (SSSR count). The van der Waals surface area contributed by atoms with Crippen LogP contribution in [0.4, 0.5) is 5.69 Å². The lowest BCUT2D eigenvalue weighted by Crippen LogP contribution is -2.33. The van der Waals surface area contributed by atoms with Crippen LogP contribution >= 0.6 is 0 Å². The maximum Gasteiger partial charge on any atom is 0.338 e. The summed E-state index contributed by atoms with van der Waals surface area (Å²) in [4.78, 5) is 35.2. The molecule has 0 bridgehead atoms. The van der Waals surface area contributed by atoms with Crippen LogP contribution in [0.25, 0.3) is 0 Å². The molecule has 152 valence electrons. The first-order valence-corrected chi connectivity index (χ1v) is 9.27. The molecule has 7 heteroatoms. The number of hydrogen-bond donors (Lipinski definition) is 1. The molecule has 0 aromatic heterocycles. The molecule has 0 aliphatic carbocycles. The van der Waals surface area contributed by atoms with Crippen molar-refractivity contribution in [3.63, 3.8) is 0 Å². The highest BCUT2D eigenvalue weighted by Gasteiger charge is 2.19. The zero-order valence-electron chi connectivity index (χ0n) is 16.3. The molecular weight excluding hydrogens is 384 g/mol. The van der Waals surface area contributed by atoms with Crippen molar-refractivity contribution < 1.29 is 19.2 Å². The number of nitrogens with zero attached hydrogens (tertiary/aromatic N) is 1. The van der Waals surface area contributed by atoms with Gasteiger partial charge in [-0.25, -0.2) is 4.79 Å². The lowest BCUT2D eigenvalue weighted by Gasteiger charge is -2.20. The van der Waals surface area contributed by atoms with Crippen molar-refractivity contribution in [1.29, 1.82) is 0 Å². The smallest absolute Gasteiger partial charge is 0.338 e. The third-order valence-corrected chi connectivity index (χ3v) is 4.55. The summed E-state index contributed by atoms with van der Waals surface area (Å²) in [7, 11) is 0. The second-order valence-electron chi connectivity index (χ2n) is 6.66. The van der Waals surface area contributed by atoms with Gasteiger partial charge in [0, 0.05) is 11.6 Å². The number of ether oxygens (including phenoxy) is 1. The average Bonchev–Trinajstić information content (AvgIpc) is 2.77. The highest BCUT2D eigenvalue weighted by molar-refractivity contribution is 5.92. The van der Waals surface area contributed by atoms with Crippen LogP contribution in [0.5, 0.6) is 0 Å². The van der Waals surface area contributed by atoms with E-state index < -0.39 is 29.4 Å². The Bertz CT molecular complexity index is 1010. The van der Waals surface area contributed by atoms with Crippen LogP contribution in [-0.4, -0.2) is 23.4 Å². The fraction of sp³-hybridized carbons (Fsp3) is 0.130. The molecule has 0 unspecified atom stereocenters. The van der Waals surface area contributed by atoms with Crippen molar-refractivity contribution in [3.8, 4) is 0 Å². The largest absolute Gasteiger partial charge is 0.452 e. The highest BCUT2D eigenvalue weighted by Crippen LogP contribution is 2.22. The van der Waals surface area contributed by atoms with Crippen LogP contribution in [-0.2, 0) is 9.53 Å². The summed E-state index contributed by atoms with van der Waals surface area (Å²) in [5.74, 6) is -1.29. The lowest BCUT2D eigenvalue weighted by atomic mass is 9.99. The first kappa shape index (κ1) is 20.7. The number of carbonyl (C=O) groups excluding carboxylic acids is 2. The topological polar surface area (TPSA) is 98.5 Å². The van der Waals surface area contributed by atoms with E-state index >= 15 is 0 Å². The second kappa shape index (κ2) is 9.47. The summed E-state index contributed by atoms with van der Waals surface area (Å²) < 4.78 is 5.06. The zero-order valence-corrected chi connectivity index (χ0v) is 16.3.